The first-order chi connectivity index (χ1) is 20.3. The molecular weight excluding hydrogens is 556 g/mol. The molecule has 1 saturated heterocycles. The third-order valence-electron chi connectivity index (χ3n) is 7.13. The van der Waals surface area contributed by atoms with E-state index in [9.17, 15) is 13.6 Å². The highest BCUT2D eigenvalue weighted by Crippen LogP contribution is 2.26. The van der Waals surface area contributed by atoms with Crippen LogP contribution in [0, 0.1) is 0 Å². The summed E-state index contributed by atoms with van der Waals surface area (Å²) in [4.78, 5) is 37.5. The van der Waals surface area contributed by atoms with Gasteiger partial charge in [0.05, 0.1) is 16.7 Å². The van der Waals surface area contributed by atoms with Gasteiger partial charge in [-0.2, -0.15) is 0 Å². The van der Waals surface area contributed by atoms with E-state index in [-0.39, 0.29) is 18.0 Å². The lowest BCUT2D eigenvalue weighted by Gasteiger charge is -2.38. The van der Waals surface area contributed by atoms with Gasteiger partial charge in [0.25, 0.3) is 5.92 Å². The van der Waals surface area contributed by atoms with Crippen LogP contribution in [0.4, 0.5) is 13.6 Å². The highest BCUT2D eigenvalue weighted by molar-refractivity contribution is 5.81. The van der Waals surface area contributed by atoms with Crippen molar-refractivity contribution in [3.63, 3.8) is 0 Å². The van der Waals surface area contributed by atoms with Crippen LogP contribution >= 0.6 is 0 Å². The number of imidazole rings is 1. The van der Waals surface area contributed by atoms with Crippen molar-refractivity contribution in [3.8, 4) is 17.1 Å². The predicted molar refractivity (Wildman–Crippen MR) is 158 cm³/mol. The fraction of sp³-hybridized carbons (Fsp3) is 0.452. The molecule has 4 heterocycles. The van der Waals surface area contributed by atoms with Crippen molar-refractivity contribution in [1.29, 1.82) is 0 Å². The van der Waals surface area contributed by atoms with E-state index in [1.165, 1.54) is 12.4 Å². The number of carbonyl (C=O) groups excluding carboxylic acids is 1. The number of aromatic amines is 1. The molecule has 0 spiro atoms. The number of piperazine rings is 1. The normalized spacial score (nSPS) is 15.5. The van der Waals surface area contributed by atoms with Crippen LogP contribution in [0.25, 0.3) is 22.3 Å². The number of alkyl halides is 2. The molecule has 5 rings (SSSR count). The number of benzene rings is 1. The summed E-state index contributed by atoms with van der Waals surface area (Å²) in [6, 6.07) is 11.5. The van der Waals surface area contributed by atoms with E-state index in [1.807, 2.05) is 51.2 Å². The number of amides is 1. The average Bonchev–Trinajstić information content (AvgIpc) is 3.36. The van der Waals surface area contributed by atoms with Gasteiger partial charge in [-0.25, -0.2) is 28.5 Å². The number of nitrogens with zero attached hydrogens (tertiary/aromatic N) is 6. The van der Waals surface area contributed by atoms with Crippen LogP contribution in [0.15, 0.2) is 48.9 Å². The van der Waals surface area contributed by atoms with Gasteiger partial charge < -0.3 is 19.4 Å². The number of pyridine rings is 1. The monoisotopic (exact) mass is 593 g/mol. The largest absolute Gasteiger partial charge is 0.471 e. The summed E-state index contributed by atoms with van der Waals surface area (Å²) in [5, 5.41) is 0. The van der Waals surface area contributed by atoms with Gasteiger partial charge in [0.2, 0.25) is 5.88 Å². The van der Waals surface area contributed by atoms with Crippen molar-refractivity contribution < 1.29 is 23.0 Å². The van der Waals surface area contributed by atoms with Crippen molar-refractivity contribution in [2.24, 2.45) is 0 Å². The number of halogens is 2. The Morgan fingerprint density at radius 3 is 2.51 bits per heavy atom. The summed E-state index contributed by atoms with van der Waals surface area (Å²) in [7, 11) is 0. The van der Waals surface area contributed by atoms with Crippen LogP contribution < -0.4 is 4.74 Å². The standard InChI is InChI=1S/C31H37F2N7O3/c1-20(39-10-12-40(13-11-39)29(41)43-30(2,3)4)21-8-9-34-23(14-21)16-27-37-24-7-6-22(15-26(24)38-27)25-17-28(36-19-35-25)42-18-31(5,32)33/h6-9,14-15,17,19-20H,10-13,16,18H2,1-5H3,(H,37,38). The molecule has 1 fully saturated rings. The second kappa shape index (κ2) is 12.2. The van der Waals surface area contributed by atoms with E-state index in [0.29, 0.717) is 25.2 Å². The molecule has 1 aromatic carbocycles. The molecule has 1 atom stereocenters. The van der Waals surface area contributed by atoms with E-state index in [0.717, 1.165) is 53.7 Å². The van der Waals surface area contributed by atoms with Crippen molar-refractivity contribution >= 4 is 17.1 Å². The van der Waals surface area contributed by atoms with Gasteiger partial charge in [0.1, 0.15) is 17.8 Å². The molecule has 1 N–H and O–H groups in total. The predicted octanol–water partition coefficient (Wildman–Crippen LogP) is 5.65. The highest BCUT2D eigenvalue weighted by atomic mass is 19.3. The average molecular weight is 594 g/mol. The molecule has 1 aliphatic rings. The van der Waals surface area contributed by atoms with Crippen LogP contribution in [0.1, 0.15) is 57.7 Å². The lowest BCUT2D eigenvalue weighted by molar-refractivity contribution is -0.0242. The number of fused-ring (bicyclic) bond motifs is 1. The van der Waals surface area contributed by atoms with Gasteiger partial charge in [-0.3, -0.25) is 9.88 Å². The number of H-pyrrole nitrogens is 1. The first-order valence-electron chi connectivity index (χ1n) is 14.3. The Hall–Kier alpha value is -4.19. The zero-order chi connectivity index (χ0) is 30.8. The maximum atomic E-state index is 13.2. The molecule has 3 aromatic heterocycles. The third-order valence-corrected chi connectivity index (χ3v) is 7.13. The van der Waals surface area contributed by atoms with Gasteiger partial charge >= 0.3 is 6.09 Å². The van der Waals surface area contributed by atoms with Crippen LogP contribution in [0.2, 0.25) is 0 Å². The molecule has 228 valence electrons. The molecular formula is C31H37F2N7O3. The Kier molecular flexibility index (Phi) is 8.59. The molecule has 12 heteroatoms. The molecule has 0 aliphatic carbocycles. The fourth-order valence-corrected chi connectivity index (χ4v) is 4.94. The molecule has 0 saturated carbocycles. The van der Waals surface area contributed by atoms with E-state index in [4.69, 9.17) is 14.5 Å². The summed E-state index contributed by atoms with van der Waals surface area (Å²) in [6.45, 7) is 10.6. The number of carbonyl (C=O) groups is 1. The first kappa shape index (κ1) is 30.3. The Balaban J connectivity index is 1.23. The first-order valence-corrected chi connectivity index (χ1v) is 14.3. The molecule has 0 bridgehead atoms. The van der Waals surface area contributed by atoms with Gasteiger partial charge in [0.15, 0.2) is 6.61 Å². The topological polar surface area (TPSA) is 109 Å². The smallest absolute Gasteiger partial charge is 0.410 e. The zero-order valence-electron chi connectivity index (χ0n) is 25.1. The van der Waals surface area contributed by atoms with E-state index in [1.54, 1.807) is 4.90 Å². The maximum absolute atomic E-state index is 13.2. The lowest BCUT2D eigenvalue weighted by Crippen LogP contribution is -2.50. The lowest BCUT2D eigenvalue weighted by atomic mass is 10.1. The number of rotatable bonds is 8. The van der Waals surface area contributed by atoms with Gasteiger partial charge in [-0.1, -0.05) is 6.07 Å². The fourth-order valence-electron chi connectivity index (χ4n) is 4.94. The maximum Gasteiger partial charge on any atom is 0.410 e. The van der Waals surface area contributed by atoms with Crippen LogP contribution in [-0.4, -0.2) is 85.1 Å². The second-order valence-electron chi connectivity index (χ2n) is 12.0. The number of nitrogens with one attached hydrogen (secondary N) is 1. The Bertz CT molecular complexity index is 1570. The van der Waals surface area contributed by atoms with Crippen LogP contribution in [0.5, 0.6) is 5.88 Å². The highest BCUT2D eigenvalue weighted by Gasteiger charge is 2.28. The molecule has 4 aromatic rings. The summed E-state index contributed by atoms with van der Waals surface area (Å²) in [5.74, 6) is -2.10. The van der Waals surface area contributed by atoms with Crippen molar-refractivity contribution in [3.05, 3.63) is 66.0 Å². The quantitative estimate of drug-likeness (QED) is 0.279. The zero-order valence-corrected chi connectivity index (χ0v) is 25.1. The molecule has 1 aliphatic heterocycles. The van der Waals surface area contributed by atoms with Crippen LogP contribution in [0.3, 0.4) is 0 Å². The molecule has 1 amide bonds. The third kappa shape index (κ3) is 8.01. The number of hydrogen-bond donors (Lipinski definition) is 1. The van der Waals surface area contributed by atoms with Gasteiger partial charge in [-0.05, 0) is 57.5 Å². The Morgan fingerprint density at radius 1 is 1.02 bits per heavy atom. The van der Waals surface area contributed by atoms with Crippen molar-refractivity contribution in [2.45, 2.75) is 58.6 Å². The molecule has 1 unspecified atom stereocenters. The number of aromatic nitrogens is 5. The second-order valence-corrected chi connectivity index (χ2v) is 12.0. The minimum Gasteiger partial charge on any atom is -0.471 e. The molecule has 0 radical (unpaired) electrons. The molecule has 43 heavy (non-hydrogen) atoms. The van der Waals surface area contributed by atoms with Gasteiger partial charge in [0, 0.05) is 69.1 Å². The van der Waals surface area contributed by atoms with E-state index in [2.05, 4.69) is 37.8 Å². The molecule has 10 nitrogen and oxygen atoms in total. The van der Waals surface area contributed by atoms with E-state index >= 15 is 0 Å². The minimum absolute atomic E-state index is 0.0852. The number of ether oxygens (including phenoxy) is 2. The summed E-state index contributed by atoms with van der Waals surface area (Å²) in [6.07, 6.45) is 3.37. The van der Waals surface area contributed by atoms with E-state index < -0.39 is 18.1 Å². The minimum atomic E-state index is -2.96. The van der Waals surface area contributed by atoms with Gasteiger partial charge in [-0.15, -0.1) is 0 Å². The summed E-state index contributed by atoms with van der Waals surface area (Å²) >= 11 is 0. The van der Waals surface area contributed by atoms with Crippen molar-refractivity contribution in [1.82, 2.24) is 34.7 Å². The number of hydrogen-bond acceptors (Lipinski definition) is 8. The van der Waals surface area contributed by atoms with Crippen molar-refractivity contribution in [2.75, 3.05) is 32.8 Å². The Labute approximate surface area is 249 Å². The Morgan fingerprint density at radius 2 is 1.79 bits per heavy atom. The SMILES string of the molecule is CC(c1ccnc(Cc2nc3ccc(-c4cc(OCC(C)(F)F)ncn4)cc3[nH]2)c1)N1CCN(C(=O)OC(C)(C)C)CC1. The summed E-state index contributed by atoms with van der Waals surface area (Å²) < 4.78 is 37.0. The summed E-state index contributed by atoms with van der Waals surface area (Å²) in [5.41, 5.74) is 4.48. The van der Waals surface area contributed by atoms with Crippen LogP contribution in [-0.2, 0) is 11.2 Å².